The molecule has 2 atom stereocenters. The Bertz CT molecular complexity index is 335. The van der Waals surface area contributed by atoms with Crippen molar-refractivity contribution in [3.8, 4) is 5.75 Å². The minimum absolute atomic E-state index is 0.276. The number of ether oxygens (including phenoxy) is 1. The van der Waals surface area contributed by atoms with Gasteiger partial charge in [0, 0.05) is 12.1 Å². The summed E-state index contributed by atoms with van der Waals surface area (Å²) in [5.74, 6) is 0.967. The topological polar surface area (TPSA) is 21.3 Å². The standard InChI is InChI=1S/C15H25NO/c1-6-12(4)17-15-9-7-8-14(10-15)13(5)16-11(2)3/h7-13,16H,6H2,1-5H3/t12-,13-/m1/s1. The average Bonchev–Trinajstić information content (AvgIpc) is 2.28. The predicted molar refractivity (Wildman–Crippen MR) is 73.5 cm³/mol. The van der Waals surface area contributed by atoms with E-state index in [4.69, 9.17) is 4.74 Å². The van der Waals surface area contributed by atoms with Gasteiger partial charge in [-0.15, -0.1) is 0 Å². The molecule has 0 amide bonds. The van der Waals surface area contributed by atoms with E-state index in [9.17, 15) is 0 Å². The first-order valence-electron chi connectivity index (χ1n) is 6.55. The first-order valence-corrected chi connectivity index (χ1v) is 6.55. The van der Waals surface area contributed by atoms with Crippen LogP contribution in [0.1, 0.15) is 52.6 Å². The largest absolute Gasteiger partial charge is 0.491 e. The highest BCUT2D eigenvalue weighted by molar-refractivity contribution is 5.30. The van der Waals surface area contributed by atoms with E-state index in [1.165, 1.54) is 5.56 Å². The molecule has 0 radical (unpaired) electrons. The molecule has 0 heterocycles. The third kappa shape index (κ3) is 4.78. The summed E-state index contributed by atoms with van der Waals surface area (Å²) in [7, 11) is 0. The molecule has 1 N–H and O–H groups in total. The molecule has 0 aliphatic rings. The van der Waals surface area contributed by atoms with Gasteiger partial charge in [0.05, 0.1) is 6.10 Å². The molecule has 0 aromatic heterocycles. The second kappa shape index (κ2) is 6.65. The summed E-state index contributed by atoms with van der Waals surface area (Å²) in [5.41, 5.74) is 1.28. The maximum atomic E-state index is 5.83. The van der Waals surface area contributed by atoms with Gasteiger partial charge in [-0.3, -0.25) is 0 Å². The SMILES string of the molecule is CC[C@@H](C)Oc1cccc([C@@H](C)NC(C)C)c1. The van der Waals surface area contributed by atoms with Crippen LogP contribution in [0.5, 0.6) is 5.75 Å². The highest BCUT2D eigenvalue weighted by atomic mass is 16.5. The zero-order valence-corrected chi connectivity index (χ0v) is 11.7. The van der Waals surface area contributed by atoms with Crippen LogP contribution in [-0.2, 0) is 0 Å². The summed E-state index contributed by atoms with van der Waals surface area (Å²) < 4.78 is 5.83. The molecule has 0 fully saturated rings. The summed E-state index contributed by atoms with van der Waals surface area (Å²) in [4.78, 5) is 0. The molecule has 0 aliphatic heterocycles. The maximum Gasteiger partial charge on any atom is 0.120 e. The van der Waals surface area contributed by atoms with Gasteiger partial charge in [0.25, 0.3) is 0 Å². The first kappa shape index (κ1) is 14.0. The van der Waals surface area contributed by atoms with Crippen LogP contribution < -0.4 is 10.1 Å². The van der Waals surface area contributed by atoms with Crippen LogP contribution in [0.15, 0.2) is 24.3 Å². The Morgan fingerprint density at radius 1 is 1.18 bits per heavy atom. The summed E-state index contributed by atoms with van der Waals surface area (Å²) in [5, 5.41) is 3.50. The highest BCUT2D eigenvalue weighted by Crippen LogP contribution is 2.20. The van der Waals surface area contributed by atoms with Crippen LogP contribution in [0.4, 0.5) is 0 Å². The number of benzene rings is 1. The Morgan fingerprint density at radius 2 is 1.88 bits per heavy atom. The van der Waals surface area contributed by atoms with Gasteiger partial charge in [-0.2, -0.15) is 0 Å². The van der Waals surface area contributed by atoms with Crippen molar-refractivity contribution in [1.82, 2.24) is 5.32 Å². The summed E-state index contributed by atoms with van der Waals surface area (Å²) in [6.07, 6.45) is 1.31. The average molecular weight is 235 g/mol. The van der Waals surface area contributed by atoms with Crippen LogP contribution >= 0.6 is 0 Å². The highest BCUT2D eigenvalue weighted by Gasteiger charge is 2.08. The van der Waals surface area contributed by atoms with Crippen molar-refractivity contribution in [2.75, 3.05) is 0 Å². The van der Waals surface area contributed by atoms with Gasteiger partial charge in [-0.25, -0.2) is 0 Å². The molecule has 2 nitrogen and oxygen atoms in total. The molecular formula is C15H25NO. The minimum atomic E-state index is 0.276. The quantitative estimate of drug-likeness (QED) is 0.807. The number of hydrogen-bond donors (Lipinski definition) is 1. The molecule has 1 rings (SSSR count). The Labute approximate surface area is 105 Å². The van der Waals surface area contributed by atoms with Gasteiger partial charge in [0.2, 0.25) is 0 Å². The van der Waals surface area contributed by atoms with E-state index < -0.39 is 0 Å². The Balaban J connectivity index is 2.71. The zero-order valence-electron chi connectivity index (χ0n) is 11.7. The van der Waals surface area contributed by atoms with E-state index in [-0.39, 0.29) is 6.10 Å². The fraction of sp³-hybridized carbons (Fsp3) is 0.600. The lowest BCUT2D eigenvalue weighted by molar-refractivity contribution is 0.217. The van der Waals surface area contributed by atoms with E-state index in [0.29, 0.717) is 12.1 Å². The van der Waals surface area contributed by atoms with Crippen LogP contribution in [0.25, 0.3) is 0 Å². The third-order valence-corrected chi connectivity index (χ3v) is 2.85. The molecule has 96 valence electrons. The van der Waals surface area contributed by atoms with Gasteiger partial charge >= 0.3 is 0 Å². The molecule has 0 unspecified atom stereocenters. The molecule has 17 heavy (non-hydrogen) atoms. The smallest absolute Gasteiger partial charge is 0.120 e. The molecule has 0 saturated heterocycles. The van der Waals surface area contributed by atoms with Gasteiger partial charge in [0.1, 0.15) is 5.75 Å². The minimum Gasteiger partial charge on any atom is -0.491 e. The first-order chi connectivity index (χ1) is 8.02. The van der Waals surface area contributed by atoms with Gasteiger partial charge in [0.15, 0.2) is 0 Å². The number of rotatable bonds is 6. The Hall–Kier alpha value is -1.02. The Kier molecular flexibility index (Phi) is 5.49. The van der Waals surface area contributed by atoms with Crippen molar-refractivity contribution in [3.05, 3.63) is 29.8 Å². The monoisotopic (exact) mass is 235 g/mol. The second-order valence-corrected chi connectivity index (χ2v) is 4.95. The van der Waals surface area contributed by atoms with Crippen molar-refractivity contribution in [1.29, 1.82) is 0 Å². The van der Waals surface area contributed by atoms with Crippen LogP contribution in [0.2, 0.25) is 0 Å². The van der Waals surface area contributed by atoms with Gasteiger partial charge in [-0.05, 0) is 38.0 Å². The second-order valence-electron chi connectivity index (χ2n) is 4.95. The van der Waals surface area contributed by atoms with Crippen molar-refractivity contribution in [2.24, 2.45) is 0 Å². The predicted octanol–water partition coefficient (Wildman–Crippen LogP) is 3.92. The van der Waals surface area contributed by atoms with Crippen LogP contribution in [-0.4, -0.2) is 12.1 Å². The van der Waals surface area contributed by atoms with Crippen molar-refractivity contribution < 1.29 is 4.74 Å². The maximum absolute atomic E-state index is 5.83. The number of hydrogen-bond acceptors (Lipinski definition) is 2. The molecular weight excluding hydrogens is 210 g/mol. The zero-order chi connectivity index (χ0) is 12.8. The van der Waals surface area contributed by atoms with Crippen molar-refractivity contribution >= 4 is 0 Å². The lowest BCUT2D eigenvalue weighted by Gasteiger charge is -2.19. The molecule has 0 saturated carbocycles. The summed E-state index contributed by atoms with van der Waals surface area (Å²) >= 11 is 0. The normalized spacial score (nSPS) is 14.7. The van der Waals surface area contributed by atoms with E-state index >= 15 is 0 Å². The fourth-order valence-corrected chi connectivity index (χ4v) is 1.77. The molecule has 0 bridgehead atoms. The lowest BCUT2D eigenvalue weighted by Crippen LogP contribution is -2.26. The van der Waals surface area contributed by atoms with E-state index in [1.807, 2.05) is 6.07 Å². The Morgan fingerprint density at radius 3 is 2.47 bits per heavy atom. The van der Waals surface area contributed by atoms with Crippen LogP contribution in [0, 0.1) is 0 Å². The third-order valence-electron chi connectivity index (χ3n) is 2.85. The lowest BCUT2D eigenvalue weighted by atomic mass is 10.1. The summed E-state index contributed by atoms with van der Waals surface area (Å²) in [6.45, 7) is 10.7. The van der Waals surface area contributed by atoms with E-state index in [1.54, 1.807) is 0 Å². The van der Waals surface area contributed by atoms with Crippen LogP contribution in [0.3, 0.4) is 0 Å². The van der Waals surface area contributed by atoms with Crippen molar-refractivity contribution in [2.45, 2.75) is 59.2 Å². The summed E-state index contributed by atoms with van der Waals surface area (Å²) in [6, 6.07) is 9.21. The molecule has 0 aliphatic carbocycles. The van der Waals surface area contributed by atoms with E-state index in [0.717, 1.165) is 12.2 Å². The van der Waals surface area contributed by atoms with Gasteiger partial charge < -0.3 is 10.1 Å². The molecule has 0 spiro atoms. The molecule has 2 heteroatoms. The molecule has 1 aromatic carbocycles. The fourth-order valence-electron chi connectivity index (χ4n) is 1.77. The van der Waals surface area contributed by atoms with E-state index in [2.05, 4.69) is 58.1 Å². The molecule has 1 aromatic rings. The van der Waals surface area contributed by atoms with Gasteiger partial charge in [-0.1, -0.05) is 32.9 Å². The van der Waals surface area contributed by atoms with Crippen molar-refractivity contribution in [3.63, 3.8) is 0 Å². The number of nitrogens with one attached hydrogen (secondary N) is 1.